The van der Waals surface area contributed by atoms with Crippen LogP contribution in [0.1, 0.15) is 6.92 Å². The van der Waals surface area contributed by atoms with Crippen LogP contribution in [0.3, 0.4) is 0 Å². The molecule has 0 bridgehead atoms. The van der Waals surface area contributed by atoms with Crippen molar-refractivity contribution in [2.75, 3.05) is 11.5 Å². The normalized spacial score (nSPS) is 21.6. The second kappa shape index (κ2) is 7.90. The van der Waals surface area contributed by atoms with Gasteiger partial charge in [0.15, 0.2) is 5.82 Å². The van der Waals surface area contributed by atoms with Crippen molar-refractivity contribution < 1.29 is 23.9 Å². The first-order valence-corrected chi connectivity index (χ1v) is 10.4. The first-order chi connectivity index (χ1) is 12.7. The zero-order valence-corrected chi connectivity index (χ0v) is 16.9. The van der Waals surface area contributed by atoms with Gasteiger partial charge in [-0.05, 0) is 24.6 Å². The van der Waals surface area contributed by atoms with Crippen LogP contribution in [0.25, 0.3) is 0 Å². The molecule has 1 aromatic rings. The molecule has 0 aliphatic carbocycles. The van der Waals surface area contributed by atoms with Crippen molar-refractivity contribution in [1.29, 1.82) is 0 Å². The number of hydrogen-bond acceptors (Lipinski definition) is 5. The second-order valence-corrected chi connectivity index (χ2v) is 8.76. The van der Waals surface area contributed by atoms with E-state index in [-0.39, 0.29) is 21.5 Å². The van der Waals surface area contributed by atoms with E-state index in [1.54, 1.807) is 6.92 Å². The van der Waals surface area contributed by atoms with Gasteiger partial charge < -0.3 is 10.4 Å². The molecule has 0 aromatic heterocycles. The van der Waals surface area contributed by atoms with Crippen molar-refractivity contribution >= 4 is 64.5 Å². The predicted molar refractivity (Wildman–Crippen MR) is 103 cm³/mol. The molecule has 27 heavy (non-hydrogen) atoms. The Hall–Kier alpha value is -1.42. The zero-order valence-electron chi connectivity index (χ0n) is 13.8. The maximum absolute atomic E-state index is 13.7. The van der Waals surface area contributed by atoms with Crippen molar-refractivity contribution in [3.05, 3.63) is 39.3 Å². The minimum atomic E-state index is -1.16. The summed E-state index contributed by atoms with van der Waals surface area (Å²) in [6.07, 6.45) is 0. The van der Waals surface area contributed by atoms with Crippen molar-refractivity contribution in [1.82, 2.24) is 10.2 Å². The lowest BCUT2D eigenvalue weighted by Gasteiger charge is -2.49. The van der Waals surface area contributed by atoms with E-state index in [1.807, 2.05) is 0 Å². The number of aliphatic carboxylic acids is 1. The molecule has 2 N–H and O–H groups in total. The highest BCUT2D eigenvalue weighted by Crippen LogP contribution is 2.40. The lowest BCUT2D eigenvalue weighted by molar-refractivity contribution is -0.150. The Labute approximate surface area is 172 Å². The lowest BCUT2D eigenvalue weighted by Crippen LogP contribution is -2.70. The average Bonchev–Trinajstić information content (AvgIpc) is 2.63. The Morgan fingerprint density at radius 2 is 2.15 bits per heavy atom. The Balaban J connectivity index is 1.61. The fourth-order valence-corrected chi connectivity index (χ4v) is 5.33. The molecule has 1 fully saturated rings. The van der Waals surface area contributed by atoms with E-state index in [1.165, 1.54) is 28.8 Å². The Kier molecular flexibility index (Phi) is 5.95. The van der Waals surface area contributed by atoms with Gasteiger partial charge in [-0.25, -0.2) is 9.18 Å². The highest BCUT2D eigenvalue weighted by Gasteiger charge is 2.53. The van der Waals surface area contributed by atoms with Gasteiger partial charge in [0.2, 0.25) is 5.91 Å². The topological polar surface area (TPSA) is 86.7 Å². The number of nitrogens with one attached hydrogen (secondary N) is 1. The molecule has 2 heterocycles. The number of fused-ring (bicyclic) bond motifs is 1. The molecule has 2 atom stereocenters. The molecule has 0 spiro atoms. The van der Waals surface area contributed by atoms with E-state index in [9.17, 15) is 23.9 Å². The maximum atomic E-state index is 13.7. The van der Waals surface area contributed by atoms with Gasteiger partial charge in [0.05, 0.1) is 15.8 Å². The van der Waals surface area contributed by atoms with Crippen LogP contribution >= 0.6 is 46.7 Å². The van der Waals surface area contributed by atoms with Gasteiger partial charge in [-0.1, -0.05) is 23.2 Å². The summed E-state index contributed by atoms with van der Waals surface area (Å²) in [4.78, 5) is 37.4. The van der Waals surface area contributed by atoms with Crippen molar-refractivity contribution in [2.24, 2.45) is 0 Å². The molecule has 11 heteroatoms. The predicted octanol–water partition coefficient (Wildman–Crippen LogP) is 2.98. The van der Waals surface area contributed by atoms with Crippen LogP contribution in [-0.2, 0) is 14.4 Å². The fraction of sp³-hybridized carbons (Fsp3) is 0.312. The molecule has 3 rings (SSSR count). The third-order valence-corrected chi connectivity index (χ3v) is 7.29. The number of benzene rings is 1. The van der Waals surface area contributed by atoms with Crippen LogP contribution in [0, 0.1) is 5.82 Å². The third kappa shape index (κ3) is 3.78. The molecule has 2 aliphatic heterocycles. The fourth-order valence-electron chi connectivity index (χ4n) is 2.75. The summed E-state index contributed by atoms with van der Waals surface area (Å²) in [6, 6.07) is 2.06. The van der Waals surface area contributed by atoms with E-state index in [0.717, 1.165) is 11.8 Å². The molecule has 1 unspecified atom stereocenters. The zero-order chi connectivity index (χ0) is 19.9. The summed E-state index contributed by atoms with van der Waals surface area (Å²) in [7, 11) is 0. The summed E-state index contributed by atoms with van der Waals surface area (Å²) in [5.41, 5.74) is 0.587. The van der Waals surface area contributed by atoms with E-state index >= 15 is 0 Å². The monoisotopic (exact) mass is 450 g/mol. The van der Waals surface area contributed by atoms with Crippen molar-refractivity contribution in [3.63, 3.8) is 0 Å². The van der Waals surface area contributed by atoms with Gasteiger partial charge in [-0.15, -0.1) is 23.5 Å². The summed E-state index contributed by atoms with van der Waals surface area (Å²) >= 11 is 13.9. The number of carbonyl (C=O) groups excluding carboxylic acids is 2. The number of carboxylic acids is 1. The van der Waals surface area contributed by atoms with Crippen molar-refractivity contribution in [2.45, 2.75) is 23.2 Å². The quantitative estimate of drug-likeness (QED) is 0.407. The average molecular weight is 451 g/mol. The number of thioether (sulfide) groups is 2. The van der Waals surface area contributed by atoms with E-state index in [0.29, 0.717) is 16.2 Å². The number of nitrogens with zero attached hydrogens (tertiary/aromatic N) is 1. The van der Waals surface area contributed by atoms with Gasteiger partial charge in [-0.3, -0.25) is 14.5 Å². The molecular weight excluding hydrogens is 438 g/mol. The highest BCUT2D eigenvalue weighted by atomic mass is 35.5. The van der Waals surface area contributed by atoms with Crippen LogP contribution in [0.15, 0.2) is 28.3 Å². The molecule has 1 saturated heterocycles. The molecule has 0 saturated carbocycles. The van der Waals surface area contributed by atoms with Gasteiger partial charge >= 0.3 is 5.97 Å². The minimum Gasteiger partial charge on any atom is -0.477 e. The Morgan fingerprint density at radius 3 is 2.81 bits per heavy atom. The lowest BCUT2D eigenvalue weighted by atomic mass is 10.0. The van der Waals surface area contributed by atoms with Gasteiger partial charge in [0, 0.05) is 10.6 Å². The molecule has 2 aliphatic rings. The van der Waals surface area contributed by atoms with E-state index < -0.39 is 35.0 Å². The maximum Gasteiger partial charge on any atom is 0.352 e. The van der Waals surface area contributed by atoms with Gasteiger partial charge in [0.25, 0.3) is 5.91 Å². The molecule has 1 aromatic carbocycles. The number of halogens is 3. The minimum absolute atomic E-state index is 0.0213. The third-order valence-electron chi connectivity index (χ3n) is 4.04. The number of β-lactam (4-membered cyclic amide) rings is 1. The number of carbonyl (C=O) groups is 3. The van der Waals surface area contributed by atoms with E-state index in [4.69, 9.17) is 23.2 Å². The summed E-state index contributed by atoms with van der Waals surface area (Å²) in [5.74, 6) is -2.42. The summed E-state index contributed by atoms with van der Waals surface area (Å²) < 4.78 is 13.7. The molecule has 144 valence electrons. The summed E-state index contributed by atoms with van der Waals surface area (Å²) in [5, 5.41) is 11.2. The van der Waals surface area contributed by atoms with Crippen molar-refractivity contribution in [3.8, 4) is 0 Å². The number of carboxylic acid groups (broad SMARTS) is 1. The largest absolute Gasteiger partial charge is 0.477 e. The number of rotatable bonds is 5. The first-order valence-electron chi connectivity index (χ1n) is 7.65. The van der Waals surface area contributed by atoms with E-state index in [2.05, 4.69) is 5.32 Å². The van der Waals surface area contributed by atoms with Crippen LogP contribution in [-0.4, -0.2) is 50.7 Å². The van der Waals surface area contributed by atoms with Gasteiger partial charge in [-0.2, -0.15) is 0 Å². The van der Waals surface area contributed by atoms with Crippen LogP contribution < -0.4 is 5.32 Å². The molecular formula is C16H13Cl2FN2O4S2. The number of hydrogen-bond donors (Lipinski definition) is 2. The number of amides is 2. The highest BCUT2D eigenvalue weighted by molar-refractivity contribution is 8.00. The van der Waals surface area contributed by atoms with Crippen LogP contribution in [0.5, 0.6) is 0 Å². The smallest absolute Gasteiger partial charge is 0.352 e. The second-order valence-electron chi connectivity index (χ2n) is 5.85. The summed E-state index contributed by atoms with van der Waals surface area (Å²) in [6.45, 7) is 1.66. The Bertz CT molecular complexity index is 880. The van der Waals surface area contributed by atoms with Gasteiger partial charge in [0.1, 0.15) is 17.1 Å². The SMILES string of the molecule is CC1=C(C(=O)O)N2C(=O)C(NC(=O)CSc3ccc(Cl)c(F)c3Cl)[C@@H]2SC1. The molecule has 0 radical (unpaired) electrons. The Morgan fingerprint density at radius 1 is 1.44 bits per heavy atom. The first kappa shape index (κ1) is 20.3. The van der Waals surface area contributed by atoms with Crippen LogP contribution in [0.4, 0.5) is 4.39 Å². The molecule has 6 nitrogen and oxygen atoms in total. The standard InChI is InChI=1S/C16H13Cl2FN2O4S2/c1-6-4-27-15-12(14(23)21(15)13(6)16(24)25)20-9(22)5-26-8-3-2-7(17)11(19)10(8)18/h2-3,12,15H,4-5H2,1H3,(H,20,22)(H,24,25)/t12?,15-/m0/s1. The molecule has 2 amide bonds. The van der Waals surface area contributed by atoms with Crippen LogP contribution in [0.2, 0.25) is 10.0 Å².